The van der Waals surface area contributed by atoms with Crippen LogP contribution in [0.5, 0.6) is 0 Å². The Balaban J connectivity index is 2.07. The Kier molecular flexibility index (Phi) is 3.64. The van der Waals surface area contributed by atoms with Crippen LogP contribution in [-0.2, 0) is 4.74 Å². The van der Waals surface area contributed by atoms with Crippen LogP contribution in [0.3, 0.4) is 0 Å². The van der Waals surface area contributed by atoms with Gasteiger partial charge in [0, 0.05) is 31.4 Å². The first kappa shape index (κ1) is 11.9. The lowest BCUT2D eigenvalue weighted by Crippen LogP contribution is -2.44. The van der Waals surface area contributed by atoms with E-state index in [1.165, 1.54) is 0 Å². The number of ether oxygens (including phenoxy) is 1. The molecule has 1 atom stereocenters. The van der Waals surface area contributed by atoms with Gasteiger partial charge in [-0.05, 0) is 31.2 Å². The van der Waals surface area contributed by atoms with Crippen molar-refractivity contribution in [1.29, 1.82) is 0 Å². The van der Waals surface area contributed by atoms with Crippen LogP contribution >= 0.6 is 0 Å². The third-order valence-electron chi connectivity index (χ3n) is 2.95. The molecular formula is C13H18N2O2. The fraction of sp³-hybridized carbons (Fsp3) is 0.462. The highest BCUT2D eigenvalue weighted by Crippen LogP contribution is 2.13. The Labute approximate surface area is 102 Å². The summed E-state index contributed by atoms with van der Waals surface area (Å²) >= 11 is 0. The first-order chi connectivity index (χ1) is 8.20. The molecule has 4 heteroatoms. The molecule has 0 saturated carbocycles. The molecule has 1 amide bonds. The van der Waals surface area contributed by atoms with Crippen molar-refractivity contribution in [2.75, 3.05) is 32.1 Å². The maximum Gasteiger partial charge on any atom is 0.254 e. The first-order valence-corrected chi connectivity index (χ1v) is 5.89. The second kappa shape index (κ2) is 5.19. The van der Waals surface area contributed by atoms with Crippen molar-refractivity contribution in [3.05, 3.63) is 29.8 Å². The van der Waals surface area contributed by atoms with E-state index in [1.54, 1.807) is 0 Å². The van der Waals surface area contributed by atoms with Crippen LogP contribution in [0.15, 0.2) is 24.3 Å². The third kappa shape index (κ3) is 2.77. The highest BCUT2D eigenvalue weighted by molar-refractivity contribution is 5.94. The molecule has 1 unspecified atom stereocenters. The molecule has 4 nitrogen and oxygen atoms in total. The molecule has 17 heavy (non-hydrogen) atoms. The summed E-state index contributed by atoms with van der Waals surface area (Å²) < 4.78 is 5.43. The summed E-state index contributed by atoms with van der Waals surface area (Å²) in [7, 11) is 1.86. The maximum atomic E-state index is 12.2. The summed E-state index contributed by atoms with van der Waals surface area (Å²) in [6.07, 6.45) is 0.129. The predicted octanol–water partition coefficient (Wildman–Crippen LogP) is 1.59. The average Bonchev–Trinajstić information content (AvgIpc) is 2.38. The number of amides is 1. The summed E-state index contributed by atoms with van der Waals surface area (Å²) in [6.45, 7) is 3.97. The van der Waals surface area contributed by atoms with Gasteiger partial charge < -0.3 is 15.0 Å². The van der Waals surface area contributed by atoms with Gasteiger partial charge in [-0.25, -0.2) is 0 Å². The van der Waals surface area contributed by atoms with E-state index >= 15 is 0 Å². The quantitative estimate of drug-likeness (QED) is 0.845. The molecule has 1 aromatic rings. The minimum atomic E-state index is 0.0859. The van der Waals surface area contributed by atoms with Crippen LogP contribution in [0.2, 0.25) is 0 Å². The highest BCUT2D eigenvalue weighted by Gasteiger charge is 2.22. The average molecular weight is 234 g/mol. The molecule has 2 rings (SSSR count). The molecule has 0 aliphatic carbocycles. The Morgan fingerprint density at radius 1 is 1.41 bits per heavy atom. The minimum absolute atomic E-state index is 0.0859. The number of hydrogen-bond donors (Lipinski definition) is 1. The molecule has 0 aromatic heterocycles. The Bertz CT molecular complexity index is 389. The van der Waals surface area contributed by atoms with E-state index in [1.807, 2.05) is 43.1 Å². The minimum Gasteiger partial charge on any atom is -0.388 e. The van der Waals surface area contributed by atoms with Crippen LogP contribution in [0, 0.1) is 0 Å². The van der Waals surface area contributed by atoms with E-state index in [0.29, 0.717) is 19.7 Å². The smallest absolute Gasteiger partial charge is 0.254 e. The summed E-state index contributed by atoms with van der Waals surface area (Å²) in [5, 5.41) is 3.03. The van der Waals surface area contributed by atoms with E-state index in [4.69, 9.17) is 4.74 Å². The Hall–Kier alpha value is -1.55. The van der Waals surface area contributed by atoms with Crippen LogP contribution in [0.25, 0.3) is 0 Å². The summed E-state index contributed by atoms with van der Waals surface area (Å²) in [6, 6.07) is 7.54. The predicted molar refractivity (Wildman–Crippen MR) is 67.3 cm³/mol. The number of morpholine rings is 1. The molecule has 0 bridgehead atoms. The van der Waals surface area contributed by atoms with Crippen molar-refractivity contribution in [1.82, 2.24) is 4.90 Å². The lowest BCUT2D eigenvalue weighted by atomic mass is 10.1. The molecule has 0 radical (unpaired) electrons. The van der Waals surface area contributed by atoms with Crippen molar-refractivity contribution in [3.63, 3.8) is 0 Å². The SMILES string of the molecule is CNc1ccc(C(=O)N2CCOC(C)C2)cc1. The Morgan fingerprint density at radius 3 is 2.71 bits per heavy atom. The lowest BCUT2D eigenvalue weighted by molar-refractivity contribution is -0.0124. The van der Waals surface area contributed by atoms with Gasteiger partial charge in [-0.3, -0.25) is 4.79 Å². The maximum absolute atomic E-state index is 12.2. The molecule has 1 N–H and O–H groups in total. The van der Waals surface area contributed by atoms with E-state index in [0.717, 1.165) is 11.3 Å². The van der Waals surface area contributed by atoms with Gasteiger partial charge in [0.2, 0.25) is 0 Å². The van der Waals surface area contributed by atoms with Crippen LogP contribution < -0.4 is 5.32 Å². The molecular weight excluding hydrogens is 216 g/mol. The molecule has 1 aliphatic heterocycles. The van der Waals surface area contributed by atoms with Crippen molar-refractivity contribution < 1.29 is 9.53 Å². The zero-order valence-corrected chi connectivity index (χ0v) is 10.3. The van der Waals surface area contributed by atoms with Gasteiger partial charge in [0.15, 0.2) is 0 Å². The van der Waals surface area contributed by atoms with Gasteiger partial charge in [-0.2, -0.15) is 0 Å². The third-order valence-corrected chi connectivity index (χ3v) is 2.95. The Morgan fingerprint density at radius 2 is 2.12 bits per heavy atom. The van der Waals surface area contributed by atoms with Gasteiger partial charge >= 0.3 is 0 Å². The summed E-state index contributed by atoms with van der Waals surface area (Å²) in [4.78, 5) is 14.0. The molecule has 1 heterocycles. The fourth-order valence-corrected chi connectivity index (χ4v) is 1.96. The number of benzene rings is 1. The first-order valence-electron chi connectivity index (χ1n) is 5.89. The van der Waals surface area contributed by atoms with Gasteiger partial charge in [-0.1, -0.05) is 0 Å². The molecule has 1 fully saturated rings. The standard InChI is InChI=1S/C13H18N2O2/c1-10-9-15(7-8-17-10)13(16)11-3-5-12(14-2)6-4-11/h3-6,10,14H,7-9H2,1-2H3. The number of anilines is 1. The van der Waals surface area contributed by atoms with Crippen molar-refractivity contribution in [2.45, 2.75) is 13.0 Å². The van der Waals surface area contributed by atoms with Crippen LogP contribution in [0.4, 0.5) is 5.69 Å². The van der Waals surface area contributed by atoms with Gasteiger partial charge in [-0.15, -0.1) is 0 Å². The number of carbonyl (C=O) groups is 1. The van der Waals surface area contributed by atoms with Crippen molar-refractivity contribution in [2.24, 2.45) is 0 Å². The molecule has 1 aromatic carbocycles. The van der Waals surface area contributed by atoms with Gasteiger partial charge in [0.25, 0.3) is 5.91 Å². The molecule has 1 aliphatic rings. The second-order valence-electron chi connectivity index (χ2n) is 4.26. The van der Waals surface area contributed by atoms with E-state index in [9.17, 15) is 4.79 Å². The fourth-order valence-electron chi connectivity index (χ4n) is 1.96. The van der Waals surface area contributed by atoms with Crippen molar-refractivity contribution in [3.8, 4) is 0 Å². The highest BCUT2D eigenvalue weighted by atomic mass is 16.5. The molecule has 1 saturated heterocycles. The zero-order valence-electron chi connectivity index (χ0n) is 10.3. The number of hydrogen-bond acceptors (Lipinski definition) is 3. The molecule has 92 valence electrons. The summed E-state index contributed by atoms with van der Waals surface area (Å²) in [5.41, 5.74) is 1.75. The largest absolute Gasteiger partial charge is 0.388 e. The van der Waals surface area contributed by atoms with Gasteiger partial charge in [0.1, 0.15) is 0 Å². The normalized spacial score (nSPS) is 20.1. The van der Waals surface area contributed by atoms with Crippen molar-refractivity contribution >= 4 is 11.6 Å². The van der Waals surface area contributed by atoms with E-state index < -0.39 is 0 Å². The van der Waals surface area contributed by atoms with Gasteiger partial charge in [0.05, 0.1) is 12.7 Å². The summed E-state index contributed by atoms with van der Waals surface area (Å²) in [5.74, 6) is 0.0859. The monoisotopic (exact) mass is 234 g/mol. The number of nitrogens with one attached hydrogen (secondary N) is 1. The second-order valence-corrected chi connectivity index (χ2v) is 4.26. The number of carbonyl (C=O) groups excluding carboxylic acids is 1. The van der Waals surface area contributed by atoms with Crippen LogP contribution in [-0.4, -0.2) is 43.7 Å². The lowest BCUT2D eigenvalue weighted by Gasteiger charge is -2.31. The number of rotatable bonds is 2. The molecule has 0 spiro atoms. The topological polar surface area (TPSA) is 41.6 Å². The van der Waals surface area contributed by atoms with E-state index in [2.05, 4.69) is 5.32 Å². The number of nitrogens with zero attached hydrogens (tertiary/aromatic N) is 1. The van der Waals surface area contributed by atoms with Crippen LogP contribution in [0.1, 0.15) is 17.3 Å². The zero-order chi connectivity index (χ0) is 12.3. The van der Waals surface area contributed by atoms with E-state index in [-0.39, 0.29) is 12.0 Å².